The largest absolute Gasteiger partial charge is 0.334 e. The van der Waals surface area contributed by atoms with Gasteiger partial charge in [0.2, 0.25) is 10.0 Å². The van der Waals surface area contributed by atoms with Gasteiger partial charge in [-0.05, 0) is 32.1 Å². The fraction of sp³-hybridized carbons (Fsp3) is 0.786. The van der Waals surface area contributed by atoms with Crippen LogP contribution in [0.4, 0.5) is 0 Å². The molecule has 1 aliphatic rings. The van der Waals surface area contributed by atoms with Crippen LogP contribution in [0.25, 0.3) is 0 Å². The number of sulfonamides is 1. The Hall–Kier alpha value is -0.880. The van der Waals surface area contributed by atoms with E-state index in [2.05, 4.69) is 18.8 Å². The maximum Gasteiger partial charge on any atom is 0.214 e. The van der Waals surface area contributed by atoms with Crippen molar-refractivity contribution in [2.24, 2.45) is 5.92 Å². The maximum absolute atomic E-state index is 12.5. The number of nitrogens with zero attached hydrogens (tertiary/aromatic N) is 3. The zero-order chi connectivity index (χ0) is 14.8. The summed E-state index contributed by atoms with van der Waals surface area (Å²) in [6.07, 6.45) is 6.32. The van der Waals surface area contributed by atoms with E-state index in [1.54, 1.807) is 10.5 Å². The first-order valence-corrected chi connectivity index (χ1v) is 8.98. The molecule has 5 nitrogen and oxygen atoms in total. The van der Waals surface area contributed by atoms with Crippen molar-refractivity contribution in [2.75, 3.05) is 12.3 Å². The molecule has 1 aromatic heterocycles. The fourth-order valence-electron chi connectivity index (χ4n) is 2.68. The van der Waals surface area contributed by atoms with Crippen molar-refractivity contribution in [3.63, 3.8) is 0 Å². The number of hydrogen-bond acceptors (Lipinski definition) is 3. The van der Waals surface area contributed by atoms with Crippen LogP contribution < -0.4 is 0 Å². The molecule has 1 unspecified atom stereocenters. The monoisotopic (exact) mass is 299 g/mol. The fourth-order valence-corrected chi connectivity index (χ4v) is 4.72. The molecule has 1 aliphatic heterocycles. The number of aromatic nitrogens is 2. The van der Waals surface area contributed by atoms with Gasteiger partial charge in [-0.3, -0.25) is 0 Å². The van der Waals surface area contributed by atoms with Crippen LogP contribution in [0.2, 0.25) is 0 Å². The number of hydrogen-bond donors (Lipinski definition) is 0. The summed E-state index contributed by atoms with van der Waals surface area (Å²) in [6.45, 7) is 7.45. The van der Waals surface area contributed by atoms with Gasteiger partial charge in [-0.15, -0.1) is 0 Å². The molecule has 0 saturated carbocycles. The predicted octanol–water partition coefficient (Wildman–Crippen LogP) is 2.03. The molecular formula is C14H25N3O2S. The minimum Gasteiger partial charge on any atom is -0.334 e. The van der Waals surface area contributed by atoms with Gasteiger partial charge in [0.25, 0.3) is 0 Å². The van der Waals surface area contributed by atoms with E-state index in [0.717, 1.165) is 25.1 Å². The van der Waals surface area contributed by atoms with E-state index >= 15 is 0 Å². The first-order chi connectivity index (χ1) is 9.40. The summed E-state index contributed by atoms with van der Waals surface area (Å²) in [5.74, 6) is 1.63. The van der Waals surface area contributed by atoms with E-state index in [4.69, 9.17) is 0 Å². The Balaban J connectivity index is 2.05. The molecule has 0 spiro atoms. The van der Waals surface area contributed by atoms with E-state index in [1.807, 2.05) is 17.7 Å². The first-order valence-electron chi connectivity index (χ1n) is 7.37. The van der Waals surface area contributed by atoms with Crippen LogP contribution in [0.5, 0.6) is 0 Å². The molecule has 0 aromatic carbocycles. The second-order valence-corrected chi connectivity index (χ2v) is 8.07. The minimum absolute atomic E-state index is 0.0834. The molecule has 0 radical (unpaired) electrons. The topological polar surface area (TPSA) is 55.2 Å². The molecule has 1 saturated heterocycles. The van der Waals surface area contributed by atoms with E-state index < -0.39 is 10.0 Å². The lowest BCUT2D eigenvalue weighted by molar-refractivity contribution is 0.348. The van der Waals surface area contributed by atoms with Gasteiger partial charge in [0.05, 0.1) is 5.75 Å². The molecule has 1 aromatic rings. The number of imidazole rings is 1. The molecule has 2 heterocycles. The Bertz CT molecular complexity index is 536. The highest BCUT2D eigenvalue weighted by Gasteiger charge is 2.34. The summed E-state index contributed by atoms with van der Waals surface area (Å²) >= 11 is 0. The van der Waals surface area contributed by atoms with Gasteiger partial charge < -0.3 is 4.57 Å². The Morgan fingerprint density at radius 2 is 2.20 bits per heavy atom. The van der Waals surface area contributed by atoms with Gasteiger partial charge in [-0.25, -0.2) is 13.4 Å². The average molecular weight is 299 g/mol. The third kappa shape index (κ3) is 3.61. The second kappa shape index (κ2) is 6.26. The SMILES string of the molecule is Cc1nccn1CC1CCCN1S(=O)(=O)CCC(C)C. The summed E-state index contributed by atoms with van der Waals surface area (Å²) < 4.78 is 28.7. The molecule has 0 bridgehead atoms. The molecule has 2 rings (SSSR count). The van der Waals surface area contributed by atoms with Gasteiger partial charge in [0, 0.05) is 31.5 Å². The summed E-state index contributed by atoms with van der Waals surface area (Å²) in [6, 6.07) is 0.0834. The van der Waals surface area contributed by atoms with Crippen LogP contribution >= 0.6 is 0 Å². The van der Waals surface area contributed by atoms with Crippen molar-refractivity contribution in [1.82, 2.24) is 13.9 Å². The Morgan fingerprint density at radius 1 is 1.45 bits per heavy atom. The van der Waals surface area contributed by atoms with Gasteiger partial charge in [-0.2, -0.15) is 4.31 Å². The lowest BCUT2D eigenvalue weighted by Gasteiger charge is -2.25. The second-order valence-electron chi connectivity index (χ2n) is 6.03. The summed E-state index contributed by atoms with van der Waals surface area (Å²) in [5, 5.41) is 0. The highest BCUT2D eigenvalue weighted by Crippen LogP contribution is 2.24. The molecular weight excluding hydrogens is 274 g/mol. The molecule has 20 heavy (non-hydrogen) atoms. The highest BCUT2D eigenvalue weighted by molar-refractivity contribution is 7.89. The smallest absolute Gasteiger partial charge is 0.214 e. The number of aryl methyl sites for hydroxylation is 1. The van der Waals surface area contributed by atoms with Crippen LogP contribution in [0.1, 0.15) is 38.9 Å². The molecule has 0 amide bonds. The van der Waals surface area contributed by atoms with Gasteiger partial charge in [-0.1, -0.05) is 13.8 Å². The predicted molar refractivity (Wildman–Crippen MR) is 79.9 cm³/mol. The number of rotatable bonds is 6. The molecule has 1 atom stereocenters. The van der Waals surface area contributed by atoms with Gasteiger partial charge in [0.1, 0.15) is 5.82 Å². The Kier molecular flexibility index (Phi) is 4.86. The van der Waals surface area contributed by atoms with Crippen molar-refractivity contribution >= 4 is 10.0 Å². The van der Waals surface area contributed by atoms with E-state index in [1.165, 1.54) is 0 Å². The lowest BCUT2D eigenvalue weighted by atomic mass is 10.2. The van der Waals surface area contributed by atoms with Crippen molar-refractivity contribution in [3.05, 3.63) is 18.2 Å². The summed E-state index contributed by atoms with van der Waals surface area (Å²) in [5.41, 5.74) is 0. The molecule has 6 heteroatoms. The minimum atomic E-state index is -3.12. The zero-order valence-electron chi connectivity index (χ0n) is 12.6. The van der Waals surface area contributed by atoms with Crippen LogP contribution in [0.3, 0.4) is 0 Å². The molecule has 0 N–H and O–H groups in total. The van der Waals surface area contributed by atoms with E-state index in [-0.39, 0.29) is 11.8 Å². The van der Waals surface area contributed by atoms with Crippen LogP contribution in [0.15, 0.2) is 12.4 Å². The van der Waals surface area contributed by atoms with E-state index in [0.29, 0.717) is 19.0 Å². The summed E-state index contributed by atoms with van der Waals surface area (Å²) in [4.78, 5) is 4.20. The van der Waals surface area contributed by atoms with Gasteiger partial charge >= 0.3 is 0 Å². The van der Waals surface area contributed by atoms with Crippen molar-refractivity contribution < 1.29 is 8.42 Å². The van der Waals surface area contributed by atoms with E-state index in [9.17, 15) is 8.42 Å². The quantitative estimate of drug-likeness (QED) is 0.807. The van der Waals surface area contributed by atoms with Gasteiger partial charge in [0.15, 0.2) is 0 Å². The average Bonchev–Trinajstić information content (AvgIpc) is 2.98. The van der Waals surface area contributed by atoms with Crippen molar-refractivity contribution in [2.45, 2.75) is 52.6 Å². The Labute approximate surface area is 122 Å². The van der Waals surface area contributed by atoms with Crippen LogP contribution in [-0.2, 0) is 16.6 Å². The van der Waals surface area contributed by atoms with Crippen molar-refractivity contribution in [1.29, 1.82) is 0 Å². The highest BCUT2D eigenvalue weighted by atomic mass is 32.2. The van der Waals surface area contributed by atoms with Crippen LogP contribution in [0, 0.1) is 12.8 Å². The maximum atomic E-state index is 12.5. The van der Waals surface area contributed by atoms with Crippen molar-refractivity contribution in [3.8, 4) is 0 Å². The standard InChI is InChI=1S/C14H25N3O2S/c1-12(2)6-10-20(18,19)17-8-4-5-14(17)11-16-9-7-15-13(16)3/h7,9,12,14H,4-6,8,10-11H2,1-3H3. The normalized spacial score (nSPS) is 20.9. The lowest BCUT2D eigenvalue weighted by Crippen LogP contribution is -2.39. The molecule has 1 fully saturated rings. The third-order valence-electron chi connectivity index (χ3n) is 3.96. The molecule has 0 aliphatic carbocycles. The molecule has 114 valence electrons. The zero-order valence-corrected chi connectivity index (χ0v) is 13.4. The summed E-state index contributed by atoms with van der Waals surface area (Å²) in [7, 11) is -3.12. The van der Waals surface area contributed by atoms with Crippen LogP contribution in [-0.4, -0.2) is 40.6 Å². The third-order valence-corrected chi connectivity index (χ3v) is 5.91. The Morgan fingerprint density at radius 3 is 2.80 bits per heavy atom. The first kappa shape index (κ1) is 15.5.